The van der Waals surface area contributed by atoms with Crippen LogP contribution in [-0.2, 0) is 7.05 Å². The highest BCUT2D eigenvalue weighted by Crippen LogP contribution is 2.39. The molecule has 1 unspecified atom stereocenters. The Morgan fingerprint density at radius 2 is 2.00 bits per heavy atom. The molecule has 0 bridgehead atoms. The summed E-state index contributed by atoms with van der Waals surface area (Å²) in [6, 6.07) is 16.6. The SMILES string of the molecule is CC1=C2c3ccc(-c4cnn(C)c4)cc3C(Nc3ccc(C#N)cc3)CCN2NN1. The molecule has 7 nitrogen and oxygen atoms in total. The number of nitriles is 1. The van der Waals surface area contributed by atoms with E-state index in [2.05, 4.69) is 57.6 Å². The van der Waals surface area contributed by atoms with Gasteiger partial charge in [-0.3, -0.25) is 9.69 Å². The monoisotopic (exact) mass is 397 g/mol. The molecule has 3 heterocycles. The van der Waals surface area contributed by atoms with Gasteiger partial charge < -0.3 is 10.7 Å². The van der Waals surface area contributed by atoms with Crippen LogP contribution in [0.1, 0.15) is 36.1 Å². The number of benzene rings is 2. The first-order chi connectivity index (χ1) is 14.6. The molecule has 0 radical (unpaired) electrons. The first kappa shape index (κ1) is 18.3. The van der Waals surface area contributed by atoms with Crippen molar-refractivity contribution >= 4 is 11.4 Å². The third-order valence-electron chi connectivity index (χ3n) is 5.72. The Morgan fingerprint density at radius 3 is 2.73 bits per heavy atom. The third kappa shape index (κ3) is 3.17. The highest BCUT2D eigenvalue weighted by Gasteiger charge is 2.30. The number of rotatable bonds is 3. The summed E-state index contributed by atoms with van der Waals surface area (Å²) in [6.07, 6.45) is 4.86. The molecular formula is C23H23N7. The number of aryl methyl sites for hydroxylation is 1. The minimum atomic E-state index is 0.136. The van der Waals surface area contributed by atoms with Gasteiger partial charge in [-0.1, -0.05) is 12.1 Å². The van der Waals surface area contributed by atoms with Gasteiger partial charge in [0.25, 0.3) is 0 Å². The Morgan fingerprint density at radius 1 is 1.17 bits per heavy atom. The summed E-state index contributed by atoms with van der Waals surface area (Å²) in [7, 11) is 1.93. The normalized spacial score (nSPS) is 17.6. The van der Waals surface area contributed by atoms with Gasteiger partial charge in [0, 0.05) is 36.6 Å². The summed E-state index contributed by atoms with van der Waals surface area (Å²) >= 11 is 0. The molecule has 0 spiro atoms. The number of aromatic nitrogens is 2. The maximum Gasteiger partial charge on any atom is 0.0991 e. The number of hydrogen-bond donors (Lipinski definition) is 3. The fourth-order valence-corrected chi connectivity index (χ4v) is 4.21. The number of hydrogen-bond acceptors (Lipinski definition) is 6. The zero-order chi connectivity index (χ0) is 20.7. The van der Waals surface area contributed by atoms with Crippen LogP contribution in [0.15, 0.2) is 60.6 Å². The number of fused-ring (bicyclic) bond motifs is 3. The van der Waals surface area contributed by atoms with Crippen LogP contribution in [0, 0.1) is 11.3 Å². The molecule has 2 aliphatic heterocycles. The highest BCUT2D eigenvalue weighted by atomic mass is 15.7. The lowest BCUT2D eigenvalue weighted by Gasteiger charge is -2.21. The van der Waals surface area contributed by atoms with E-state index in [4.69, 9.17) is 5.26 Å². The van der Waals surface area contributed by atoms with E-state index in [-0.39, 0.29) is 6.04 Å². The Kier molecular flexibility index (Phi) is 4.42. The smallest absolute Gasteiger partial charge is 0.0991 e. The van der Waals surface area contributed by atoms with Crippen molar-refractivity contribution in [1.82, 2.24) is 25.7 Å². The van der Waals surface area contributed by atoms with Gasteiger partial charge >= 0.3 is 0 Å². The second kappa shape index (κ2) is 7.25. The number of anilines is 1. The molecule has 3 aromatic rings. The van der Waals surface area contributed by atoms with E-state index in [1.165, 1.54) is 16.8 Å². The van der Waals surface area contributed by atoms with Crippen molar-refractivity contribution < 1.29 is 0 Å². The van der Waals surface area contributed by atoms with Gasteiger partial charge in [-0.15, -0.1) is 5.53 Å². The van der Waals surface area contributed by atoms with Gasteiger partial charge in [0.05, 0.1) is 35.3 Å². The largest absolute Gasteiger partial charge is 0.378 e. The van der Waals surface area contributed by atoms with Crippen LogP contribution in [0.3, 0.4) is 0 Å². The molecular weight excluding hydrogens is 374 g/mol. The van der Waals surface area contributed by atoms with E-state index in [1.54, 1.807) is 0 Å². The van der Waals surface area contributed by atoms with Crippen LogP contribution in [0.2, 0.25) is 0 Å². The zero-order valence-electron chi connectivity index (χ0n) is 17.0. The van der Waals surface area contributed by atoms with E-state index in [0.29, 0.717) is 5.56 Å². The lowest BCUT2D eigenvalue weighted by Crippen LogP contribution is -2.37. The molecule has 0 amide bonds. The molecule has 2 aliphatic rings. The highest BCUT2D eigenvalue weighted by molar-refractivity contribution is 5.75. The second-order valence-electron chi connectivity index (χ2n) is 7.74. The molecule has 0 saturated heterocycles. The minimum Gasteiger partial charge on any atom is -0.378 e. The lowest BCUT2D eigenvalue weighted by molar-refractivity contribution is 0.281. The Hall–Kier alpha value is -3.76. The fourth-order valence-electron chi connectivity index (χ4n) is 4.21. The number of hydrazine groups is 2. The first-order valence-corrected chi connectivity index (χ1v) is 10.0. The van der Waals surface area contributed by atoms with Crippen LogP contribution in [0.4, 0.5) is 5.69 Å². The van der Waals surface area contributed by atoms with Crippen LogP contribution in [0.25, 0.3) is 16.8 Å². The van der Waals surface area contributed by atoms with Crippen molar-refractivity contribution in [3.8, 4) is 17.2 Å². The maximum atomic E-state index is 9.07. The van der Waals surface area contributed by atoms with Crippen molar-refractivity contribution in [2.24, 2.45) is 7.05 Å². The maximum absolute atomic E-state index is 9.07. The molecule has 0 aliphatic carbocycles. The summed E-state index contributed by atoms with van der Waals surface area (Å²) in [4.78, 5) is 0. The minimum absolute atomic E-state index is 0.136. The van der Waals surface area contributed by atoms with E-state index >= 15 is 0 Å². The number of allylic oxidation sites excluding steroid dienone is 1. The van der Waals surface area contributed by atoms with E-state index < -0.39 is 0 Å². The fraction of sp³-hybridized carbons (Fsp3) is 0.217. The number of nitrogens with one attached hydrogen (secondary N) is 3. The molecule has 7 heteroatoms. The van der Waals surface area contributed by atoms with Gasteiger partial charge in [0.2, 0.25) is 0 Å². The van der Waals surface area contributed by atoms with Crippen LogP contribution in [0.5, 0.6) is 0 Å². The molecule has 1 atom stereocenters. The molecule has 2 aromatic carbocycles. The van der Waals surface area contributed by atoms with Crippen LogP contribution in [-0.4, -0.2) is 21.3 Å². The Labute approximate surface area is 175 Å². The van der Waals surface area contributed by atoms with Crippen LogP contribution >= 0.6 is 0 Å². The molecule has 0 fully saturated rings. The first-order valence-electron chi connectivity index (χ1n) is 10.0. The molecule has 150 valence electrons. The van der Waals surface area contributed by atoms with E-state index in [9.17, 15) is 0 Å². The van der Waals surface area contributed by atoms with Gasteiger partial charge in [-0.05, 0) is 54.8 Å². The van der Waals surface area contributed by atoms with Crippen molar-refractivity contribution in [1.29, 1.82) is 5.26 Å². The molecule has 30 heavy (non-hydrogen) atoms. The van der Waals surface area contributed by atoms with Crippen molar-refractivity contribution in [2.45, 2.75) is 19.4 Å². The molecule has 0 saturated carbocycles. The third-order valence-corrected chi connectivity index (χ3v) is 5.72. The van der Waals surface area contributed by atoms with Gasteiger partial charge in [-0.25, -0.2) is 0 Å². The zero-order valence-corrected chi connectivity index (χ0v) is 17.0. The Bertz CT molecular complexity index is 1170. The van der Waals surface area contributed by atoms with Gasteiger partial charge in [0.15, 0.2) is 0 Å². The van der Waals surface area contributed by atoms with Gasteiger partial charge in [-0.2, -0.15) is 10.4 Å². The van der Waals surface area contributed by atoms with Crippen molar-refractivity contribution in [2.75, 3.05) is 11.9 Å². The quantitative estimate of drug-likeness (QED) is 0.627. The van der Waals surface area contributed by atoms with E-state index in [1.807, 2.05) is 48.4 Å². The van der Waals surface area contributed by atoms with Gasteiger partial charge in [0.1, 0.15) is 0 Å². The summed E-state index contributed by atoms with van der Waals surface area (Å²) < 4.78 is 1.83. The summed E-state index contributed by atoms with van der Waals surface area (Å²) in [5.41, 5.74) is 15.2. The average Bonchev–Trinajstić information content (AvgIpc) is 3.32. The summed E-state index contributed by atoms with van der Waals surface area (Å²) in [6.45, 7) is 2.96. The van der Waals surface area contributed by atoms with Crippen LogP contribution < -0.4 is 16.3 Å². The number of nitrogens with zero attached hydrogens (tertiary/aromatic N) is 4. The lowest BCUT2D eigenvalue weighted by atomic mass is 9.93. The molecule has 5 rings (SSSR count). The van der Waals surface area contributed by atoms with E-state index in [0.717, 1.165) is 35.5 Å². The topological polar surface area (TPSA) is 80.9 Å². The summed E-state index contributed by atoms with van der Waals surface area (Å²) in [5.74, 6) is 0. The average molecular weight is 397 g/mol. The predicted molar refractivity (Wildman–Crippen MR) is 116 cm³/mol. The standard InChI is InChI=1S/C23H23N7/c1-15-23-20-8-5-17(18-13-25-29(2)14-18)11-21(20)22(9-10-30(23)28-27-15)26-19-6-3-16(12-24)4-7-19/h3-8,11,13-14,22,26-28H,9-10H2,1-2H3. The molecule has 1 aromatic heterocycles. The Balaban J connectivity index is 1.59. The molecule has 3 N–H and O–H groups in total. The predicted octanol–water partition coefficient (Wildman–Crippen LogP) is 3.53. The van der Waals surface area contributed by atoms with Crippen molar-refractivity contribution in [3.63, 3.8) is 0 Å². The second-order valence-corrected chi connectivity index (χ2v) is 7.74. The summed E-state index contributed by atoms with van der Waals surface area (Å²) in [5, 5.41) is 19.3. The van der Waals surface area contributed by atoms with Crippen molar-refractivity contribution in [3.05, 3.63) is 77.2 Å².